The molecule has 0 saturated heterocycles. The molecule has 0 aliphatic heterocycles. The van der Waals surface area contributed by atoms with Crippen LogP contribution in [0.15, 0.2) is 22.8 Å². The highest BCUT2D eigenvalue weighted by Gasteiger charge is 1.95. The molecule has 0 fully saturated rings. The van der Waals surface area contributed by atoms with Gasteiger partial charge in [-0.1, -0.05) is 17.2 Å². The Morgan fingerprint density at radius 2 is 1.45 bits per heavy atom. The maximum absolute atomic E-state index is 10.8. The lowest BCUT2D eigenvalue weighted by atomic mass is 10.1. The van der Waals surface area contributed by atoms with Crippen LogP contribution < -0.4 is 0 Å². The number of ketones is 1. The minimum atomic E-state index is 0.144. The van der Waals surface area contributed by atoms with Crippen molar-refractivity contribution in [1.82, 2.24) is 0 Å². The van der Waals surface area contributed by atoms with Crippen molar-refractivity contribution in [2.75, 3.05) is 0 Å². The highest BCUT2D eigenvalue weighted by Crippen LogP contribution is 2.07. The molecule has 0 heterocycles. The first-order valence-corrected chi connectivity index (χ1v) is 3.78. The van der Waals surface area contributed by atoms with Crippen molar-refractivity contribution < 1.29 is 4.79 Å². The molecule has 11 heavy (non-hydrogen) atoms. The quantitative estimate of drug-likeness (QED) is 0.439. The summed E-state index contributed by atoms with van der Waals surface area (Å²) in [6, 6.07) is 0. The van der Waals surface area contributed by atoms with Crippen molar-refractivity contribution in [3.8, 4) is 0 Å². The normalized spacial score (nSPS) is 11.2. The van der Waals surface area contributed by atoms with Crippen LogP contribution in [-0.2, 0) is 4.79 Å². The van der Waals surface area contributed by atoms with Gasteiger partial charge in [-0.2, -0.15) is 0 Å². The van der Waals surface area contributed by atoms with Crippen molar-refractivity contribution in [2.24, 2.45) is 0 Å². The summed E-state index contributed by atoms with van der Waals surface area (Å²) in [5.41, 5.74) is 3.26. The van der Waals surface area contributed by atoms with E-state index in [1.807, 2.05) is 33.8 Å². The standard InChI is InChI=1S/C10H16O/c1-7(2)8(3)6-9(4)10(5)11/h6H,1-5H3/b9-6+. The molecule has 0 aliphatic rings. The Hall–Kier alpha value is -0.850. The van der Waals surface area contributed by atoms with Gasteiger partial charge < -0.3 is 0 Å². The Morgan fingerprint density at radius 1 is 1.00 bits per heavy atom. The number of allylic oxidation sites excluding steroid dienone is 4. The molecule has 0 amide bonds. The average molecular weight is 152 g/mol. The first kappa shape index (κ1) is 10.2. The molecule has 0 aromatic rings. The Kier molecular flexibility index (Phi) is 3.80. The lowest BCUT2D eigenvalue weighted by Gasteiger charge is -1.97. The van der Waals surface area contributed by atoms with Crippen molar-refractivity contribution in [2.45, 2.75) is 34.6 Å². The maximum Gasteiger partial charge on any atom is 0.155 e. The molecule has 0 aliphatic carbocycles. The summed E-state index contributed by atoms with van der Waals surface area (Å²) >= 11 is 0. The minimum Gasteiger partial charge on any atom is -0.295 e. The highest BCUT2D eigenvalue weighted by atomic mass is 16.1. The predicted molar refractivity (Wildman–Crippen MR) is 48.5 cm³/mol. The molecule has 1 heteroatoms. The van der Waals surface area contributed by atoms with Gasteiger partial charge in [0, 0.05) is 0 Å². The van der Waals surface area contributed by atoms with Gasteiger partial charge in [0.15, 0.2) is 5.78 Å². The molecule has 0 saturated carbocycles. The summed E-state index contributed by atoms with van der Waals surface area (Å²) in [5, 5.41) is 0. The second kappa shape index (κ2) is 4.12. The number of hydrogen-bond donors (Lipinski definition) is 0. The molecule has 1 nitrogen and oxygen atoms in total. The Labute approximate surface area is 68.8 Å². The number of Topliss-reactive ketones (excluding diaryl/α,β-unsaturated/α-hetero) is 1. The van der Waals surface area contributed by atoms with Gasteiger partial charge in [0.05, 0.1) is 0 Å². The van der Waals surface area contributed by atoms with Crippen molar-refractivity contribution in [3.63, 3.8) is 0 Å². The fraction of sp³-hybridized carbons (Fsp3) is 0.500. The Balaban J connectivity index is 4.58. The monoisotopic (exact) mass is 152 g/mol. The molecule has 0 radical (unpaired) electrons. The van der Waals surface area contributed by atoms with Gasteiger partial charge in [-0.05, 0) is 40.2 Å². The van der Waals surface area contributed by atoms with Crippen LogP contribution in [0, 0.1) is 0 Å². The zero-order valence-electron chi connectivity index (χ0n) is 7.99. The SMILES string of the molecule is CC(=O)/C(C)=C/C(C)=C(C)C. The van der Waals surface area contributed by atoms with E-state index in [2.05, 4.69) is 0 Å². The highest BCUT2D eigenvalue weighted by molar-refractivity contribution is 5.93. The van der Waals surface area contributed by atoms with Gasteiger partial charge in [-0.15, -0.1) is 0 Å². The summed E-state index contributed by atoms with van der Waals surface area (Å²) in [7, 11) is 0. The zero-order chi connectivity index (χ0) is 9.02. The first-order chi connectivity index (χ1) is 4.95. The summed E-state index contributed by atoms with van der Waals surface area (Å²) in [5.74, 6) is 0.144. The van der Waals surface area contributed by atoms with E-state index in [0.717, 1.165) is 5.57 Å². The maximum atomic E-state index is 10.8. The van der Waals surface area contributed by atoms with Gasteiger partial charge in [0.1, 0.15) is 0 Å². The molecule has 62 valence electrons. The second-order valence-corrected chi connectivity index (χ2v) is 3.07. The Morgan fingerprint density at radius 3 is 1.73 bits per heavy atom. The van der Waals surface area contributed by atoms with E-state index in [1.165, 1.54) is 11.1 Å². The minimum absolute atomic E-state index is 0.144. The molecule has 0 atom stereocenters. The fourth-order valence-corrected chi connectivity index (χ4v) is 0.571. The number of carbonyl (C=O) groups excluding carboxylic acids is 1. The van der Waals surface area contributed by atoms with Gasteiger partial charge in [0.2, 0.25) is 0 Å². The fourth-order valence-electron chi connectivity index (χ4n) is 0.571. The Bertz CT molecular complexity index is 215. The van der Waals surface area contributed by atoms with Crippen LogP contribution >= 0.6 is 0 Å². The lowest BCUT2D eigenvalue weighted by Crippen LogP contribution is -1.91. The van der Waals surface area contributed by atoms with Crippen LogP contribution in [0.4, 0.5) is 0 Å². The summed E-state index contributed by atoms with van der Waals surface area (Å²) in [6.07, 6.45) is 1.93. The third-order valence-electron chi connectivity index (χ3n) is 1.78. The van der Waals surface area contributed by atoms with E-state index in [1.54, 1.807) is 6.92 Å². The topological polar surface area (TPSA) is 17.1 Å². The van der Waals surface area contributed by atoms with Crippen LogP contribution in [0.2, 0.25) is 0 Å². The van der Waals surface area contributed by atoms with Crippen LogP contribution in [-0.4, -0.2) is 5.78 Å². The van der Waals surface area contributed by atoms with Gasteiger partial charge in [-0.25, -0.2) is 0 Å². The van der Waals surface area contributed by atoms with Crippen molar-refractivity contribution >= 4 is 5.78 Å². The van der Waals surface area contributed by atoms with E-state index in [0.29, 0.717) is 0 Å². The molecule has 0 unspecified atom stereocenters. The van der Waals surface area contributed by atoms with Gasteiger partial charge >= 0.3 is 0 Å². The summed E-state index contributed by atoms with van der Waals surface area (Å²) in [6.45, 7) is 9.53. The zero-order valence-corrected chi connectivity index (χ0v) is 7.99. The third kappa shape index (κ3) is 3.76. The van der Waals surface area contributed by atoms with E-state index >= 15 is 0 Å². The van der Waals surface area contributed by atoms with Crippen molar-refractivity contribution in [3.05, 3.63) is 22.8 Å². The second-order valence-electron chi connectivity index (χ2n) is 3.07. The van der Waals surface area contributed by atoms with Crippen LogP contribution in [0.5, 0.6) is 0 Å². The van der Waals surface area contributed by atoms with E-state index in [4.69, 9.17) is 0 Å². The molecular weight excluding hydrogens is 136 g/mol. The smallest absolute Gasteiger partial charge is 0.155 e. The summed E-state index contributed by atoms with van der Waals surface area (Å²) in [4.78, 5) is 10.8. The lowest BCUT2D eigenvalue weighted by molar-refractivity contribution is -0.113. The van der Waals surface area contributed by atoms with Crippen LogP contribution in [0.25, 0.3) is 0 Å². The molecule has 0 spiro atoms. The van der Waals surface area contributed by atoms with Crippen LogP contribution in [0.1, 0.15) is 34.6 Å². The van der Waals surface area contributed by atoms with E-state index < -0.39 is 0 Å². The predicted octanol–water partition coefficient (Wildman–Crippen LogP) is 2.88. The van der Waals surface area contributed by atoms with Crippen molar-refractivity contribution in [1.29, 1.82) is 0 Å². The summed E-state index contributed by atoms with van der Waals surface area (Å²) < 4.78 is 0. The molecular formula is C10H16O. The van der Waals surface area contributed by atoms with E-state index in [9.17, 15) is 4.79 Å². The molecule has 0 bridgehead atoms. The molecule has 0 aromatic heterocycles. The number of rotatable bonds is 2. The average Bonchev–Trinajstić information content (AvgIpc) is 1.87. The van der Waals surface area contributed by atoms with E-state index in [-0.39, 0.29) is 5.78 Å². The first-order valence-electron chi connectivity index (χ1n) is 3.78. The van der Waals surface area contributed by atoms with Gasteiger partial charge in [0.25, 0.3) is 0 Å². The molecule has 0 N–H and O–H groups in total. The van der Waals surface area contributed by atoms with Crippen LogP contribution in [0.3, 0.4) is 0 Å². The molecule has 0 aromatic carbocycles. The number of carbonyl (C=O) groups is 1. The molecule has 0 rings (SSSR count). The number of hydrogen-bond acceptors (Lipinski definition) is 1. The van der Waals surface area contributed by atoms with Gasteiger partial charge in [-0.3, -0.25) is 4.79 Å². The third-order valence-corrected chi connectivity index (χ3v) is 1.78. The largest absolute Gasteiger partial charge is 0.295 e.